The fourth-order valence-corrected chi connectivity index (χ4v) is 2.55. The second kappa shape index (κ2) is 4.90. The number of primary amides is 1. The molecule has 2 aliphatic heterocycles. The molecule has 0 aliphatic carbocycles. The number of rotatable bonds is 3. The zero-order valence-corrected chi connectivity index (χ0v) is 11.9. The van der Waals surface area contributed by atoms with Gasteiger partial charge in [0.05, 0.1) is 0 Å². The van der Waals surface area contributed by atoms with Crippen LogP contribution in [0.1, 0.15) is 12.5 Å². The van der Waals surface area contributed by atoms with Crippen molar-refractivity contribution in [2.75, 3.05) is 19.8 Å². The third-order valence-corrected chi connectivity index (χ3v) is 3.71. The van der Waals surface area contributed by atoms with Gasteiger partial charge in [0, 0.05) is 0 Å². The van der Waals surface area contributed by atoms with Crippen molar-refractivity contribution in [1.29, 1.82) is 0 Å². The van der Waals surface area contributed by atoms with Crippen LogP contribution >= 0.6 is 0 Å². The summed E-state index contributed by atoms with van der Waals surface area (Å²) in [5.74, 6) is -0.187. The van der Waals surface area contributed by atoms with Crippen LogP contribution in [-0.4, -0.2) is 42.5 Å². The molecule has 1 aromatic rings. The van der Waals surface area contributed by atoms with Gasteiger partial charge in [0.15, 0.2) is 11.5 Å². The minimum atomic E-state index is -1.28. The van der Waals surface area contributed by atoms with Gasteiger partial charge in [-0.2, -0.15) is 0 Å². The molecule has 1 fully saturated rings. The Bertz CT molecular complexity index is 674. The highest BCUT2D eigenvalue weighted by Crippen LogP contribution is 2.36. The maximum absolute atomic E-state index is 12.5. The number of benzene rings is 1. The lowest BCUT2D eigenvalue weighted by Crippen LogP contribution is -2.42. The van der Waals surface area contributed by atoms with Crippen molar-refractivity contribution in [1.82, 2.24) is 10.2 Å². The van der Waals surface area contributed by atoms with Gasteiger partial charge in [0.25, 0.3) is 5.91 Å². The van der Waals surface area contributed by atoms with Crippen LogP contribution in [0.4, 0.5) is 4.79 Å². The first-order chi connectivity index (χ1) is 10.4. The molecule has 1 aromatic carbocycles. The summed E-state index contributed by atoms with van der Waals surface area (Å²) in [5.41, 5.74) is 4.33. The van der Waals surface area contributed by atoms with Crippen LogP contribution in [0.25, 0.3) is 0 Å². The van der Waals surface area contributed by atoms with E-state index in [0.717, 1.165) is 4.90 Å². The highest BCUT2D eigenvalue weighted by atomic mass is 16.6. The molecule has 3 rings (SSSR count). The minimum absolute atomic E-state index is 0.418. The first-order valence-electron chi connectivity index (χ1n) is 6.74. The van der Waals surface area contributed by atoms with Crippen molar-refractivity contribution in [3.63, 3.8) is 0 Å². The molecule has 22 heavy (non-hydrogen) atoms. The number of amides is 4. The molecular formula is C14H15N3O5. The zero-order chi connectivity index (χ0) is 15.9. The van der Waals surface area contributed by atoms with Crippen LogP contribution in [-0.2, 0) is 15.1 Å². The second-order valence-corrected chi connectivity index (χ2v) is 5.27. The van der Waals surface area contributed by atoms with Gasteiger partial charge in [-0.1, -0.05) is 6.07 Å². The van der Waals surface area contributed by atoms with Crippen molar-refractivity contribution in [2.45, 2.75) is 12.5 Å². The SMILES string of the molecule is C[C@@]1(c2ccc3c(c2)OCCO3)NC(=O)N(CC(N)=O)C1=O. The predicted octanol–water partition coefficient (Wildman–Crippen LogP) is -0.290. The Morgan fingerprint density at radius 2 is 2.00 bits per heavy atom. The van der Waals surface area contributed by atoms with E-state index in [0.29, 0.717) is 30.3 Å². The molecule has 0 radical (unpaired) electrons. The monoisotopic (exact) mass is 305 g/mol. The van der Waals surface area contributed by atoms with Crippen molar-refractivity contribution < 1.29 is 23.9 Å². The van der Waals surface area contributed by atoms with Gasteiger partial charge in [-0.05, 0) is 24.6 Å². The molecule has 1 atom stereocenters. The fraction of sp³-hybridized carbons (Fsp3) is 0.357. The van der Waals surface area contributed by atoms with E-state index in [2.05, 4.69) is 5.32 Å². The van der Waals surface area contributed by atoms with E-state index in [4.69, 9.17) is 15.2 Å². The van der Waals surface area contributed by atoms with Gasteiger partial charge in [0.1, 0.15) is 25.3 Å². The molecule has 8 heteroatoms. The summed E-state index contributed by atoms with van der Waals surface area (Å²) in [4.78, 5) is 36.2. The van der Waals surface area contributed by atoms with Gasteiger partial charge in [-0.3, -0.25) is 14.5 Å². The molecule has 0 bridgehead atoms. The lowest BCUT2D eigenvalue weighted by molar-refractivity contribution is -0.134. The highest BCUT2D eigenvalue weighted by Gasteiger charge is 2.49. The van der Waals surface area contributed by atoms with Crippen LogP contribution in [0.15, 0.2) is 18.2 Å². The number of hydrogen-bond donors (Lipinski definition) is 2. The number of ether oxygens (including phenoxy) is 2. The average molecular weight is 305 g/mol. The summed E-state index contributed by atoms with van der Waals surface area (Å²) in [6.45, 7) is 2.00. The van der Waals surface area contributed by atoms with Gasteiger partial charge < -0.3 is 20.5 Å². The summed E-state index contributed by atoms with van der Waals surface area (Å²) >= 11 is 0. The van der Waals surface area contributed by atoms with Crippen LogP contribution in [0.2, 0.25) is 0 Å². The number of nitrogens with zero attached hydrogens (tertiary/aromatic N) is 1. The number of nitrogens with one attached hydrogen (secondary N) is 1. The molecule has 0 aromatic heterocycles. The van der Waals surface area contributed by atoms with E-state index >= 15 is 0 Å². The van der Waals surface area contributed by atoms with E-state index in [-0.39, 0.29) is 0 Å². The average Bonchev–Trinajstić information content (AvgIpc) is 2.71. The topological polar surface area (TPSA) is 111 Å². The van der Waals surface area contributed by atoms with E-state index in [9.17, 15) is 14.4 Å². The third-order valence-electron chi connectivity index (χ3n) is 3.71. The summed E-state index contributed by atoms with van der Waals surface area (Å²) in [6.07, 6.45) is 0. The van der Waals surface area contributed by atoms with Crippen molar-refractivity contribution in [3.8, 4) is 11.5 Å². The molecule has 0 saturated carbocycles. The van der Waals surface area contributed by atoms with Crippen molar-refractivity contribution in [2.24, 2.45) is 5.73 Å². The molecule has 116 valence electrons. The van der Waals surface area contributed by atoms with Gasteiger partial charge in [0.2, 0.25) is 5.91 Å². The molecule has 2 heterocycles. The molecule has 3 N–H and O–H groups in total. The standard InChI is InChI=1S/C14H15N3O5/c1-14(12(19)17(7-11(15)18)13(20)16-14)8-2-3-9-10(6-8)22-5-4-21-9/h2-3,6H,4-5,7H2,1H3,(H2,15,18)(H,16,20)/t14-/m0/s1. The number of carbonyl (C=O) groups excluding carboxylic acids is 3. The van der Waals surface area contributed by atoms with E-state index in [1.165, 1.54) is 0 Å². The molecule has 8 nitrogen and oxygen atoms in total. The van der Waals surface area contributed by atoms with Gasteiger partial charge >= 0.3 is 6.03 Å². The smallest absolute Gasteiger partial charge is 0.325 e. The van der Waals surface area contributed by atoms with Crippen LogP contribution < -0.4 is 20.5 Å². The Hall–Kier alpha value is -2.77. The normalized spacial score (nSPS) is 23.4. The first-order valence-corrected chi connectivity index (χ1v) is 6.74. The maximum Gasteiger partial charge on any atom is 0.325 e. The van der Waals surface area contributed by atoms with Crippen LogP contribution in [0.3, 0.4) is 0 Å². The van der Waals surface area contributed by atoms with E-state index in [1.54, 1.807) is 25.1 Å². The Kier molecular flexibility index (Phi) is 3.16. The number of hydrogen-bond acceptors (Lipinski definition) is 5. The van der Waals surface area contributed by atoms with E-state index in [1.807, 2.05) is 0 Å². The summed E-state index contributed by atoms with van der Waals surface area (Å²) in [5, 5.41) is 2.59. The number of imide groups is 1. The molecule has 1 saturated heterocycles. The van der Waals surface area contributed by atoms with Crippen molar-refractivity contribution >= 4 is 17.8 Å². The van der Waals surface area contributed by atoms with E-state index < -0.39 is 29.9 Å². The number of nitrogens with two attached hydrogens (primary N) is 1. The fourth-order valence-electron chi connectivity index (χ4n) is 2.55. The quantitative estimate of drug-likeness (QED) is 0.745. The molecule has 0 unspecified atom stereocenters. The molecule has 2 aliphatic rings. The predicted molar refractivity (Wildman–Crippen MR) is 74.2 cm³/mol. The highest BCUT2D eigenvalue weighted by molar-refractivity contribution is 6.09. The van der Waals surface area contributed by atoms with Crippen LogP contribution in [0, 0.1) is 0 Å². The Morgan fingerprint density at radius 3 is 2.68 bits per heavy atom. The lowest BCUT2D eigenvalue weighted by Gasteiger charge is -2.25. The first kappa shape index (κ1) is 14.2. The third kappa shape index (κ3) is 2.12. The summed E-state index contributed by atoms with van der Waals surface area (Å²) in [7, 11) is 0. The summed E-state index contributed by atoms with van der Waals surface area (Å²) in [6, 6.07) is 4.37. The number of fused-ring (bicyclic) bond motifs is 1. The van der Waals surface area contributed by atoms with Gasteiger partial charge in [-0.25, -0.2) is 4.79 Å². The number of carbonyl (C=O) groups is 3. The second-order valence-electron chi connectivity index (χ2n) is 5.27. The molecule has 0 spiro atoms. The Balaban J connectivity index is 1.95. The molecular weight excluding hydrogens is 290 g/mol. The Morgan fingerprint density at radius 1 is 1.32 bits per heavy atom. The lowest BCUT2D eigenvalue weighted by atomic mass is 9.91. The summed E-state index contributed by atoms with van der Waals surface area (Å²) < 4.78 is 10.9. The number of urea groups is 1. The zero-order valence-electron chi connectivity index (χ0n) is 11.9. The van der Waals surface area contributed by atoms with Crippen molar-refractivity contribution in [3.05, 3.63) is 23.8 Å². The minimum Gasteiger partial charge on any atom is -0.486 e. The Labute approximate surface area is 126 Å². The largest absolute Gasteiger partial charge is 0.486 e. The van der Waals surface area contributed by atoms with Gasteiger partial charge in [-0.15, -0.1) is 0 Å². The maximum atomic E-state index is 12.5. The van der Waals surface area contributed by atoms with Crippen LogP contribution in [0.5, 0.6) is 11.5 Å². The molecule has 4 amide bonds.